The third-order valence-corrected chi connectivity index (χ3v) is 4.15. The van der Waals surface area contributed by atoms with Crippen molar-refractivity contribution in [1.29, 1.82) is 0 Å². The van der Waals surface area contributed by atoms with Crippen LogP contribution >= 0.6 is 11.6 Å². The molecule has 2 aromatic rings. The molecule has 0 aliphatic carbocycles. The Morgan fingerprint density at radius 2 is 2.10 bits per heavy atom. The van der Waals surface area contributed by atoms with Gasteiger partial charge in [0.05, 0.1) is 10.7 Å². The molecule has 3 nitrogen and oxygen atoms in total. The second-order valence-electron chi connectivity index (χ2n) is 5.54. The molecule has 2 N–H and O–H groups in total. The summed E-state index contributed by atoms with van der Waals surface area (Å²) in [6.45, 7) is 1.84. The van der Waals surface area contributed by atoms with Crippen molar-refractivity contribution < 1.29 is 0 Å². The second-order valence-corrected chi connectivity index (χ2v) is 5.95. The average Bonchev–Trinajstić information content (AvgIpc) is 2.93. The van der Waals surface area contributed by atoms with Gasteiger partial charge < -0.3 is 15.5 Å². The predicted octanol–water partition coefficient (Wildman–Crippen LogP) is 3.99. The van der Waals surface area contributed by atoms with Gasteiger partial charge in [0.1, 0.15) is 0 Å². The Morgan fingerprint density at radius 3 is 2.86 bits per heavy atom. The maximum Gasteiger partial charge on any atom is 0.0659 e. The third kappa shape index (κ3) is 2.93. The molecule has 0 fully saturated rings. The number of hydrogen-bond donors (Lipinski definition) is 2. The molecule has 0 saturated carbocycles. The van der Waals surface area contributed by atoms with Gasteiger partial charge in [0, 0.05) is 38.6 Å². The topological polar surface area (TPSA) is 27.3 Å². The summed E-state index contributed by atoms with van der Waals surface area (Å²) in [7, 11) is 3.99. The number of hydrogen-bond acceptors (Lipinski definition) is 3. The standard InChI is InChI=1S/C17H20ClN3/c1-21(2)16-7-6-14(10-15(16)18)20-11-13-5-3-4-12-8-9-19-17(12)13/h3-7,10,19-20H,8-9,11H2,1-2H3. The molecule has 0 unspecified atom stereocenters. The van der Waals surface area contributed by atoms with Crippen LogP contribution in [-0.4, -0.2) is 20.6 Å². The molecule has 2 aromatic carbocycles. The first-order valence-electron chi connectivity index (χ1n) is 7.20. The Bertz CT molecular complexity index is 652. The summed E-state index contributed by atoms with van der Waals surface area (Å²) < 4.78 is 0. The van der Waals surface area contributed by atoms with Gasteiger partial charge in [-0.2, -0.15) is 0 Å². The molecule has 0 atom stereocenters. The van der Waals surface area contributed by atoms with Gasteiger partial charge in [-0.25, -0.2) is 0 Å². The minimum Gasteiger partial charge on any atom is -0.384 e. The highest BCUT2D eigenvalue weighted by Crippen LogP contribution is 2.29. The molecule has 0 amide bonds. The van der Waals surface area contributed by atoms with Gasteiger partial charge >= 0.3 is 0 Å². The van der Waals surface area contributed by atoms with Crippen molar-refractivity contribution in [2.24, 2.45) is 0 Å². The molecule has 110 valence electrons. The number of nitrogens with zero attached hydrogens (tertiary/aromatic N) is 1. The van der Waals surface area contributed by atoms with Gasteiger partial charge in [-0.3, -0.25) is 0 Å². The number of rotatable bonds is 4. The molecule has 0 aromatic heterocycles. The molecule has 3 rings (SSSR count). The minimum atomic E-state index is 0.765. The minimum absolute atomic E-state index is 0.765. The molecule has 21 heavy (non-hydrogen) atoms. The van der Waals surface area contributed by atoms with E-state index in [1.54, 1.807) is 0 Å². The van der Waals surface area contributed by atoms with Crippen molar-refractivity contribution in [3.05, 3.63) is 52.5 Å². The molecule has 0 radical (unpaired) electrons. The molecule has 4 heteroatoms. The maximum absolute atomic E-state index is 6.31. The molecule has 1 heterocycles. The van der Waals surface area contributed by atoms with Crippen LogP contribution in [0.5, 0.6) is 0 Å². The van der Waals surface area contributed by atoms with E-state index in [9.17, 15) is 0 Å². The highest BCUT2D eigenvalue weighted by atomic mass is 35.5. The van der Waals surface area contributed by atoms with Crippen LogP contribution in [0.4, 0.5) is 17.1 Å². The second kappa shape index (κ2) is 5.86. The Morgan fingerprint density at radius 1 is 1.24 bits per heavy atom. The fraction of sp³-hybridized carbons (Fsp3) is 0.294. The van der Waals surface area contributed by atoms with Crippen molar-refractivity contribution >= 4 is 28.7 Å². The summed E-state index contributed by atoms with van der Waals surface area (Å²) in [5.41, 5.74) is 6.08. The van der Waals surface area contributed by atoms with Crippen molar-refractivity contribution in [2.75, 3.05) is 36.2 Å². The lowest BCUT2D eigenvalue weighted by Crippen LogP contribution is -2.09. The Kier molecular flexibility index (Phi) is 3.93. The smallest absolute Gasteiger partial charge is 0.0659 e. The van der Waals surface area contributed by atoms with Crippen LogP contribution < -0.4 is 15.5 Å². The van der Waals surface area contributed by atoms with E-state index in [0.29, 0.717) is 0 Å². The number of para-hydroxylation sites is 1. The number of anilines is 3. The third-order valence-electron chi connectivity index (χ3n) is 3.85. The van der Waals surface area contributed by atoms with Crippen LogP contribution in [0.2, 0.25) is 5.02 Å². The Hall–Kier alpha value is -1.87. The molecular weight excluding hydrogens is 282 g/mol. The van der Waals surface area contributed by atoms with Crippen LogP contribution in [0.25, 0.3) is 0 Å². The SMILES string of the molecule is CN(C)c1ccc(NCc2cccc3c2NCC3)cc1Cl. The van der Waals surface area contributed by atoms with Crippen molar-refractivity contribution in [3.63, 3.8) is 0 Å². The lowest BCUT2D eigenvalue weighted by molar-refractivity contribution is 1.11. The van der Waals surface area contributed by atoms with E-state index >= 15 is 0 Å². The summed E-state index contributed by atoms with van der Waals surface area (Å²) in [4.78, 5) is 2.01. The van der Waals surface area contributed by atoms with E-state index in [-0.39, 0.29) is 0 Å². The number of halogens is 1. The van der Waals surface area contributed by atoms with Crippen molar-refractivity contribution in [1.82, 2.24) is 0 Å². The van der Waals surface area contributed by atoms with Crippen LogP contribution in [0.3, 0.4) is 0 Å². The predicted molar refractivity (Wildman–Crippen MR) is 91.7 cm³/mol. The molecule has 0 saturated heterocycles. The summed E-state index contributed by atoms with van der Waals surface area (Å²) >= 11 is 6.31. The molecular formula is C17H20ClN3. The number of benzene rings is 2. The van der Waals surface area contributed by atoms with Gasteiger partial charge in [0.25, 0.3) is 0 Å². The lowest BCUT2D eigenvalue weighted by Gasteiger charge is -2.16. The van der Waals surface area contributed by atoms with Crippen molar-refractivity contribution in [2.45, 2.75) is 13.0 Å². The van der Waals surface area contributed by atoms with Gasteiger partial charge in [-0.05, 0) is 35.7 Å². The van der Waals surface area contributed by atoms with E-state index < -0.39 is 0 Å². The van der Waals surface area contributed by atoms with Crippen LogP contribution in [-0.2, 0) is 13.0 Å². The van der Waals surface area contributed by atoms with E-state index in [4.69, 9.17) is 11.6 Å². The quantitative estimate of drug-likeness (QED) is 0.894. The zero-order chi connectivity index (χ0) is 14.8. The van der Waals surface area contributed by atoms with Crippen molar-refractivity contribution in [3.8, 4) is 0 Å². The summed E-state index contributed by atoms with van der Waals surface area (Å²) in [6, 6.07) is 12.6. The molecule has 0 spiro atoms. The zero-order valence-electron chi connectivity index (χ0n) is 12.4. The summed E-state index contributed by atoms with van der Waals surface area (Å²) in [6.07, 6.45) is 1.12. The molecule has 1 aliphatic heterocycles. The molecule has 1 aliphatic rings. The highest BCUT2D eigenvalue weighted by molar-refractivity contribution is 6.33. The highest BCUT2D eigenvalue weighted by Gasteiger charge is 2.13. The number of fused-ring (bicyclic) bond motifs is 1. The Balaban J connectivity index is 1.74. The zero-order valence-corrected chi connectivity index (χ0v) is 13.2. The van der Waals surface area contributed by atoms with E-state index in [1.807, 2.05) is 31.1 Å². The monoisotopic (exact) mass is 301 g/mol. The Labute approximate surface area is 130 Å². The van der Waals surface area contributed by atoms with Crippen LogP contribution in [0, 0.1) is 0 Å². The first kappa shape index (κ1) is 14.1. The van der Waals surface area contributed by atoms with Crippen LogP contribution in [0.1, 0.15) is 11.1 Å². The summed E-state index contributed by atoms with van der Waals surface area (Å²) in [5, 5.41) is 7.69. The van der Waals surface area contributed by atoms with Gasteiger partial charge in [0.2, 0.25) is 0 Å². The largest absolute Gasteiger partial charge is 0.384 e. The first-order chi connectivity index (χ1) is 10.1. The summed E-state index contributed by atoms with van der Waals surface area (Å²) in [5.74, 6) is 0. The maximum atomic E-state index is 6.31. The fourth-order valence-corrected chi connectivity index (χ4v) is 3.08. The van der Waals surface area contributed by atoms with Gasteiger partial charge in [0.15, 0.2) is 0 Å². The van der Waals surface area contributed by atoms with Gasteiger partial charge in [-0.15, -0.1) is 0 Å². The molecule has 0 bridgehead atoms. The lowest BCUT2D eigenvalue weighted by atomic mass is 10.1. The van der Waals surface area contributed by atoms with E-state index in [2.05, 4.69) is 34.9 Å². The van der Waals surface area contributed by atoms with E-state index in [0.717, 1.165) is 35.9 Å². The number of nitrogens with one attached hydrogen (secondary N) is 2. The van der Waals surface area contributed by atoms with Crippen LogP contribution in [0.15, 0.2) is 36.4 Å². The first-order valence-corrected chi connectivity index (χ1v) is 7.58. The van der Waals surface area contributed by atoms with Gasteiger partial charge in [-0.1, -0.05) is 29.8 Å². The average molecular weight is 302 g/mol. The normalized spacial score (nSPS) is 12.7. The fourth-order valence-electron chi connectivity index (χ4n) is 2.74. The van der Waals surface area contributed by atoms with E-state index in [1.165, 1.54) is 16.8 Å².